The third-order valence-electron chi connectivity index (χ3n) is 7.95. The van der Waals surface area contributed by atoms with E-state index < -0.39 is 0 Å². The molecule has 0 aliphatic carbocycles. The topological polar surface area (TPSA) is 103 Å². The minimum atomic E-state index is 0.570. The number of fused-ring (bicyclic) bond motifs is 24. The van der Waals surface area contributed by atoms with E-state index in [2.05, 4.69) is 117 Å². The van der Waals surface area contributed by atoms with Crippen LogP contribution in [0.4, 0.5) is 0 Å². The van der Waals surface area contributed by atoms with Gasteiger partial charge in [0.1, 0.15) is 0 Å². The summed E-state index contributed by atoms with van der Waals surface area (Å²) < 4.78 is 0. The molecule has 0 fully saturated rings. The summed E-state index contributed by atoms with van der Waals surface area (Å²) in [5.74, 6) is 0. The van der Waals surface area contributed by atoms with E-state index >= 15 is 0 Å². The molecule has 0 aromatic heterocycles. The van der Waals surface area contributed by atoms with Gasteiger partial charge in [-0.1, -0.05) is 64.8 Å². The number of rotatable bonds is 0. The van der Waals surface area contributed by atoms with Gasteiger partial charge in [-0.05, 0) is 22.3 Å². The lowest BCUT2D eigenvalue weighted by molar-refractivity contribution is 0.111. The molecule has 0 radical (unpaired) electrons. The molecule has 6 bridgehead atoms. The van der Waals surface area contributed by atoms with Crippen molar-refractivity contribution >= 4 is 0 Å². The lowest BCUT2D eigenvalue weighted by Gasteiger charge is -2.33. The molecule has 242 valence electrons. The summed E-state index contributed by atoms with van der Waals surface area (Å²) in [7, 11) is 0. The minimum Gasteiger partial charge on any atom is -0.384 e. The van der Waals surface area contributed by atoms with Gasteiger partial charge in [0.25, 0.3) is 0 Å². The maximum Gasteiger partial charge on any atom is 0.0701 e. The highest BCUT2D eigenvalue weighted by atomic mass is 15.4. The highest BCUT2D eigenvalue weighted by Gasteiger charge is 2.17. The van der Waals surface area contributed by atoms with Gasteiger partial charge in [0.05, 0.1) is 33.3 Å². The average molecular weight is 613 g/mol. The van der Waals surface area contributed by atoms with Crippen LogP contribution in [0.1, 0.15) is 47.9 Å². The van der Waals surface area contributed by atoms with Gasteiger partial charge in [0.15, 0.2) is 0 Å². The Labute approximate surface area is 269 Å². The second-order valence-corrected chi connectivity index (χ2v) is 12.2. The molecule has 4 aliphatic heterocycles. The summed E-state index contributed by atoms with van der Waals surface area (Å²) in [6.07, 6.45) is 2.46. The van der Waals surface area contributed by atoms with E-state index in [1.54, 1.807) is 0 Å². The smallest absolute Gasteiger partial charge is 0.0701 e. The normalized spacial score (nSPS) is 23.3. The van der Waals surface area contributed by atoms with Gasteiger partial charge in [0.2, 0.25) is 0 Å². The fraction of sp³-hybridized carbons (Fsp3) is 0.371. The Balaban J connectivity index is 1.83. The molecule has 0 spiro atoms. The quantitative estimate of drug-likeness (QED) is 0.222. The molecule has 1 aromatic carbocycles. The summed E-state index contributed by atoms with van der Waals surface area (Å²) in [4.78, 5) is 4.51. The third kappa shape index (κ3) is 10.8. The molecule has 1 aromatic rings. The summed E-state index contributed by atoms with van der Waals surface area (Å²) in [6, 6.07) is 4.55. The zero-order chi connectivity index (χ0) is 32.3. The van der Waals surface area contributed by atoms with Gasteiger partial charge in [-0.15, -0.1) is 0 Å². The Bertz CT molecular complexity index is 1160. The van der Waals surface area contributed by atoms with Crippen molar-refractivity contribution in [3.8, 4) is 0 Å². The first-order valence-corrected chi connectivity index (χ1v) is 15.5. The molecule has 10 heteroatoms. The maximum atomic E-state index is 4.31. The molecule has 4 heterocycles. The van der Waals surface area contributed by atoms with Crippen LogP contribution in [-0.4, -0.2) is 43.1 Å². The summed E-state index contributed by atoms with van der Waals surface area (Å²) in [6.45, 7) is 39.8. The van der Waals surface area contributed by atoms with Crippen LogP contribution in [0.5, 0.6) is 0 Å². The van der Waals surface area contributed by atoms with Gasteiger partial charge in [-0.25, -0.2) is 0 Å². The zero-order valence-corrected chi connectivity index (χ0v) is 26.9. The van der Waals surface area contributed by atoms with Gasteiger partial charge in [-0.2, -0.15) is 0 Å². The van der Waals surface area contributed by atoms with Crippen LogP contribution >= 0.6 is 0 Å². The van der Waals surface area contributed by atoms with Crippen molar-refractivity contribution in [1.29, 1.82) is 0 Å². The van der Waals surface area contributed by atoms with Gasteiger partial charge in [0, 0.05) is 97.4 Å². The van der Waals surface area contributed by atoms with E-state index in [0.29, 0.717) is 85.2 Å². The molecular weight excluding hydrogens is 560 g/mol. The van der Waals surface area contributed by atoms with Crippen molar-refractivity contribution in [2.75, 3.05) is 33.3 Å². The Morgan fingerprint density at radius 3 is 0.822 bits per heavy atom. The van der Waals surface area contributed by atoms with Gasteiger partial charge in [-0.3, -0.25) is 9.80 Å². The minimum absolute atomic E-state index is 0.570. The monoisotopic (exact) mass is 612 g/mol. The van der Waals surface area contributed by atoms with Crippen LogP contribution in [0.15, 0.2) is 110 Å². The molecule has 8 N–H and O–H groups in total. The predicted molar refractivity (Wildman–Crippen MR) is 186 cm³/mol. The largest absolute Gasteiger partial charge is 0.384 e. The standard InChI is InChI=1S/C35H52N10/c1-24-9-28(5)40-19-44-20-41-29(6)11-26(3)38-17-34-13-32(15-36-24)33-14-35(34)18-39-27(4)12-31(8)43-22-45(23-44)21-42-30(7)10-25(2)37-16-33/h13-14,36-43H,1-12,15-23H2. The fourth-order valence-corrected chi connectivity index (χ4v) is 5.35. The SMILES string of the molecule is C=C1CC(=C)NCN2CNC(=C)CC(=C)NCc3cc(c4cc3CNC(=C)CC(=C)NCN(CNC(=C)CC(=C)NC4)C2)CN1. The average Bonchev–Trinajstić information content (AvgIpc) is 2.98. The molecular formula is C35H52N10. The van der Waals surface area contributed by atoms with E-state index in [-0.39, 0.29) is 0 Å². The number of benzene rings is 1. The van der Waals surface area contributed by atoms with Crippen molar-refractivity contribution < 1.29 is 0 Å². The first kappa shape index (κ1) is 33.4. The van der Waals surface area contributed by atoms with Crippen LogP contribution in [0.25, 0.3) is 0 Å². The van der Waals surface area contributed by atoms with Crippen molar-refractivity contribution in [2.45, 2.75) is 51.9 Å². The highest BCUT2D eigenvalue weighted by Crippen LogP contribution is 2.21. The first-order chi connectivity index (χ1) is 21.5. The van der Waals surface area contributed by atoms with Crippen molar-refractivity contribution in [3.05, 3.63) is 133 Å². The number of hydrogen-bond acceptors (Lipinski definition) is 10. The molecule has 5 rings (SSSR count). The van der Waals surface area contributed by atoms with Crippen molar-refractivity contribution in [3.63, 3.8) is 0 Å². The van der Waals surface area contributed by atoms with E-state index in [4.69, 9.17) is 0 Å². The summed E-state index contributed by atoms with van der Waals surface area (Å²) >= 11 is 0. The van der Waals surface area contributed by atoms with Crippen LogP contribution in [0.3, 0.4) is 0 Å². The van der Waals surface area contributed by atoms with Crippen LogP contribution in [-0.2, 0) is 26.2 Å². The van der Waals surface area contributed by atoms with Crippen molar-refractivity contribution in [2.24, 2.45) is 0 Å². The van der Waals surface area contributed by atoms with Crippen LogP contribution in [0, 0.1) is 0 Å². The van der Waals surface area contributed by atoms with E-state index in [1.807, 2.05) is 0 Å². The second kappa shape index (κ2) is 16.0. The Morgan fingerprint density at radius 2 is 0.578 bits per heavy atom. The van der Waals surface area contributed by atoms with Crippen LogP contribution < -0.4 is 42.5 Å². The molecule has 0 unspecified atom stereocenters. The molecule has 0 amide bonds. The Hall–Kier alpha value is -4.54. The molecule has 0 saturated carbocycles. The number of nitrogens with one attached hydrogen (secondary N) is 8. The summed E-state index contributed by atoms with van der Waals surface area (Å²) in [5.41, 5.74) is 11.9. The van der Waals surface area contributed by atoms with E-state index in [9.17, 15) is 0 Å². The van der Waals surface area contributed by atoms with E-state index in [1.165, 1.54) is 22.3 Å². The molecule has 45 heavy (non-hydrogen) atoms. The number of nitrogens with zero attached hydrogens (tertiary/aromatic N) is 2. The second-order valence-electron chi connectivity index (χ2n) is 12.2. The van der Waals surface area contributed by atoms with Crippen LogP contribution in [0.2, 0.25) is 0 Å². The zero-order valence-electron chi connectivity index (χ0n) is 26.9. The summed E-state index contributed by atoms with van der Waals surface area (Å²) in [5, 5.41) is 28.3. The lowest BCUT2D eigenvalue weighted by Crippen LogP contribution is -2.50. The third-order valence-corrected chi connectivity index (χ3v) is 7.95. The lowest BCUT2D eigenvalue weighted by atomic mass is 9.97. The predicted octanol–water partition coefficient (Wildman–Crippen LogP) is 3.51. The first-order valence-electron chi connectivity index (χ1n) is 15.5. The number of hydrogen-bond donors (Lipinski definition) is 8. The van der Waals surface area contributed by atoms with Gasteiger partial charge < -0.3 is 42.5 Å². The maximum absolute atomic E-state index is 4.31. The molecule has 4 aliphatic rings. The van der Waals surface area contributed by atoms with Crippen molar-refractivity contribution in [1.82, 2.24) is 52.3 Å². The molecule has 0 saturated heterocycles. The Kier molecular flexibility index (Phi) is 11.8. The van der Waals surface area contributed by atoms with E-state index in [0.717, 1.165) is 45.6 Å². The van der Waals surface area contributed by atoms with Gasteiger partial charge >= 0.3 is 0 Å². The highest BCUT2D eigenvalue weighted by molar-refractivity contribution is 5.40. The molecule has 10 nitrogen and oxygen atoms in total. The fourth-order valence-electron chi connectivity index (χ4n) is 5.35. The Morgan fingerprint density at radius 1 is 0.356 bits per heavy atom. The molecule has 0 atom stereocenters.